The van der Waals surface area contributed by atoms with Gasteiger partial charge in [-0.25, -0.2) is 13.2 Å². The van der Waals surface area contributed by atoms with Crippen LogP contribution >= 0.6 is 15.9 Å². The summed E-state index contributed by atoms with van der Waals surface area (Å²) in [7, 11) is 0. The van der Waals surface area contributed by atoms with Gasteiger partial charge in [-0.15, -0.1) is 0 Å². The average Bonchev–Trinajstić information content (AvgIpc) is 2.49. The van der Waals surface area contributed by atoms with E-state index in [2.05, 4.69) is 21.0 Å². The van der Waals surface area contributed by atoms with Crippen molar-refractivity contribution in [1.29, 1.82) is 0 Å². The van der Waals surface area contributed by atoms with Crippen LogP contribution in [0.5, 0.6) is 0 Å². The Morgan fingerprint density at radius 2 is 1.93 bits per heavy atom. The van der Waals surface area contributed by atoms with Crippen LogP contribution in [0.15, 0.2) is 10.7 Å². The van der Waals surface area contributed by atoms with E-state index in [9.17, 15) is 22.0 Å². The van der Waals surface area contributed by atoms with Gasteiger partial charge in [-0.1, -0.05) is 0 Å². The smallest absolute Gasteiger partial charge is 0.278 e. The first kappa shape index (κ1) is 11.4. The molecule has 1 heterocycles. The Labute approximate surface area is 83.6 Å². The minimum atomic E-state index is -4.73. The molecule has 0 spiro atoms. The SMILES string of the molecule is FC(F)C(F)(F)C(F)c1[nH]ncc1Br. The van der Waals surface area contributed by atoms with Crippen LogP contribution in [0, 0.1) is 0 Å². The molecule has 1 atom stereocenters. The van der Waals surface area contributed by atoms with Crippen molar-refractivity contribution >= 4 is 15.9 Å². The Kier molecular flexibility index (Phi) is 3.13. The summed E-state index contributed by atoms with van der Waals surface area (Å²) >= 11 is 2.70. The van der Waals surface area contributed by atoms with E-state index >= 15 is 0 Å². The quantitative estimate of drug-likeness (QED) is 0.846. The van der Waals surface area contributed by atoms with Crippen LogP contribution in [0.1, 0.15) is 11.9 Å². The van der Waals surface area contributed by atoms with Crippen molar-refractivity contribution in [2.45, 2.75) is 18.5 Å². The summed E-state index contributed by atoms with van der Waals surface area (Å²) in [6, 6.07) is 0. The van der Waals surface area contributed by atoms with Crippen LogP contribution in [0.4, 0.5) is 22.0 Å². The molecule has 1 rings (SSSR count). The number of halogens is 6. The molecule has 0 aliphatic carbocycles. The van der Waals surface area contributed by atoms with Gasteiger partial charge in [-0.05, 0) is 15.9 Å². The largest absolute Gasteiger partial charge is 0.343 e. The normalized spacial score (nSPS) is 14.8. The predicted molar refractivity (Wildman–Crippen MR) is 41.1 cm³/mol. The topological polar surface area (TPSA) is 28.7 Å². The van der Waals surface area contributed by atoms with Crippen LogP contribution in [0.25, 0.3) is 0 Å². The second kappa shape index (κ2) is 3.84. The maximum Gasteiger partial charge on any atom is 0.343 e. The van der Waals surface area contributed by atoms with Gasteiger partial charge in [-0.2, -0.15) is 13.9 Å². The number of H-pyrrole nitrogens is 1. The van der Waals surface area contributed by atoms with Gasteiger partial charge in [0, 0.05) is 0 Å². The zero-order valence-electron chi connectivity index (χ0n) is 6.45. The molecular formula is C6H4BrF5N2. The molecule has 2 nitrogen and oxygen atoms in total. The zero-order chi connectivity index (χ0) is 10.9. The highest BCUT2D eigenvalue weighted by atomic mass is 79.9. The van der Waals surface area contributed by atoms with E-state index in [4.69, 9.17) is 0 Å². The first-order valence-electron chi connectivity index (χ1n) is 3.36. The Morgan fingerprint density at radius 1 is 1.36 bits per heavy atom. The molecule has 80 valence electrons. The van der Waals surface area contributed by atoms with Crippen LogP contribution in [0.3, 0.4) is 0 Å². The highest BCUT2D eigenvalue weighted by Crippen LogP contribution is 2.40. The van der Waals surface area contributed by atoms with Crippen LogP contribution in [-0.2, 0) is 0 Å². The van der Waals surface area contributed by atoms with Crippen LogP contribution < -0.4 is 0 Å². The fraction of sp³-hybridized carbons (Fsp3) is 0.500. The zero-order valence-corrected chi connectivity index (χ0v) is 8.03. The molecular weight excluding hydrogens is 275 g/mol. The van der Waals surface area contributed by atoms with E-state index in [-0.39, 0.29) is 4.47 Å². The maximum absolute atomic E-state index is 12.9. The number of nitrogens with zero attached hydrogens (tertiary/aromatic N) is 1. The van der Waals surface area contributed by atoms with Gasteiger partial charge in [0.2, 0.25) is 6.17 Å². The minimum absolute atomic E-state index is 0.106. The molecule has 0 saturated carbocycles. The number of alkyl halides is 5. The standard InChI is InChI=1S/C6H4BrF5N2/c7-2-1-13-14-3(2)4(8)6(11,12)5(9)10/h1,4-5H,(H,13,14). The van der Waals surface area contributed by atoms with Gasteiger partial charge in [0.25, 0.3) is 0 Å². The van der Waals surface area contributed by atoms with Gasteiger partial charge in [0.15, 0.2) is 0 Å². The molecule has 1 aromatic rings. The first-order chi connectivity index (χ1) is 6.37. The van der Waals surface area contributed by atoms with Crippen molar-refractivity contribution in [2.75, 3.05) is 0 Å². The molecule has 1 N–H and O–H groups in total. The summed E-state index contributed by atoms with van der Waals surface area (Å²) in [6.45, 7) is 0. The molecule has 14 heavy (non-hydrogen) atoms. The molecule has 8 heteroatoms. The molecule has 0 aromatic carbocycles. The Balaban J connectivity index is 2.96. The third-order valence-electron chi connectivity index (χ3n) is 1.50. The van der Waals surface area contributed by atoms with Crippen LogP contribution in [0.2, 0.25) is 0 Å². The summed E-state index contributed by atoms with van der Waals surface area (Å²) in [6.07, 6.45) is -6.17. The van der Waals surface area contributed by atoms with E-state index in [1.165, 1.54) is 0 Å². The van der Waals surface area contributed by atoms with Gasteiger partial charge in [0.1, 0.15) is 0 Å². The highest BCUT2D eigenvalue weighted by Gasteiger charge is 2.51. The second-order valence-electron chi connectivity index (χ2n) is 2.47. The molecule has 0 aliphatic heterocycles. The van der Waals surface area contributed by atoms with Crippen LogP contribution in [-0.4, -0.2) is 22.5 Å². The lowest BCUT2D eigenvalue weighted by Gasteiger charge is -2.18. The van der Waals surface area contributed by atoms with Crippen molar-refractivity contribution in [3.05, 3.63) is 16.4 Å². The molecule has 0 fully saturated rings. The van der Waals surface area contributed by atoms with E-state index in [0.717, 1.165) is 6.20 Å². The van der Waals surface area contributed by atoms with Crippen molar-refractivity contribution in [1.82, 2.24) is 10.2 Å². The third kappa shape index (κ3) is 1.89. The Morgan fingerprint density at radius 3 is 2.29 bits per heavy atom. The summed E-state index contributed by atoms with van der Waals surface area (Å²) in [5, 5.41) is 5.11. The number of nitrogens with one attached hydrogen (secondary N) is 1. The third-order valence-corrected chi connectivity index (χ3v) is 2.13. The first-order valence-corrected chi connectivity index (χ1v) is 4.15. The molecule has 0 bridgehead atoms. The molecule has 1 unspecified atom stereocenters. The van der Waals surface area contributed by atoms with Crippen molar-refractivity contribution in [3.8, 4) is 0 Å². The Hall–Kier alpha value is -0.660. The highest BCUT2D eigenvalue weighted by molar-refractivity contribution is 9.10. The predicted octanol–water partition coefficient (Wildman–Crippen LogP) is 3.08. The van der Waals surface area contributed by atoms with E-state index < -0.39 is 24.2 Å². The minimum Gasteiger partial charge on any atom is -0.278 e. The van der Waals surface area contributed by atoms with E-state index in [0.29, 0.717) is 0 Å². The van der Waals surface area contributed by atoms with Crippen molar-refractivity contribution in [3.63, 3.8) is 0 Å². The van der Waals surface area contributed by atoms with Gasteiger partial charge in [-0.3, -0.25) is 5.10 Å². The second-order valence-corrected chi connectivity index (χ2v) is 3.32. The lowest BCUT2D eigenvalue weighted by atomic mass is 10.1. The number of hydrogen-bond acceptors (Lipinski definition) is 1. The van der Waals surface area contributed by atoms with Gasteiger partial charge < -0.3 is 0 Å². The average molecular weight is 279 g/mol. The van der Waals surface area contributed by atoms with Crippen molar-refractivity contribution < 1.29 is 22.0 Å². The molecule has 0 amide bonds. The van der Waals surface area contributed by atoms with Crippen molar-refractivity contribution in [2.24, 2.45) is 0 Å². The summed E-state index contributed by atoms with van der Waals surface area (Å²) in [5.41, 5.74) is -0.699. The van der Waals surface area contributed by atoms with Gasteiger partial charge >= 0.3 is 12.3 Å². The molecule has 0 saturated heterocycles. The summed E-state index contributed by atoms with van der Waals surface area (Å²) < 4.78 is 61.3. The van der Waals surface area contributed by atoms with Gasteiger partial charge in [0.05, 0.1) is 16.4 Å². The number of rotatable bonds is 3. The van der Waals surface area contributed by atoms with E-state index in [1.807, 2.05) is 5.10 Å². The summed E-state index contributed by atoms with van der Waals surface area (Å²) in [5.74, 6) is -4.73. The number of aromatic amines is 1. The number of aromatic nitrogens is 2. The lowest BCUT2D eigenvalue weighted by Crippen LogP contribution is -2.32. The fourth-order valence-electron chi connectivity index (χ4n) is 0.762. The fourth-order valence-corrected chi connectivity index (χ4v) is 1.15. The maximum atomic E-state index is 12.9. The molecule has 1 aromatic heterocycles. The Bertz CT molecular complexity index is 313. The monoisotopic (exact) mass is 278 g/mol. The molecule has 0 aliphatic rings. The number of hydrogen-bond donors (Lipinski definition) is 1. The lowest BCUT2D eigenvalue weighted by molar-refractivity contribution is -0.173. The van der Waals surface area contributed by atoms with E-state index in [1.54, 1.807) is 0 Å². The summed E-state index contributed by atoms with van der Waals surface area (Å²) in [4.78, 5) is 0. The molecule has 0 radical (unpaired) electrons.